The number of hydrogen-bond donors (Lipinski definition) is 1. The van der Waals surface area contributed by atoms with Gasteiger partial charge in [0, 0.05) is 25.3 Å². The summed E-state index contributed by atoms with van der Waals surface area (Å²) in [5, 5.41) is 4.21. The molecule has 4 nitrogen and oxygen atoms in total. The molecule has 0 bridgehead atoms. The minimum atomic E-state index is 0.374. The summed E-state index contributed by atoms with van der Waals surface area (Å²) in [6.45, 7) is 4.15. The van der Waals surface area contributed by atoms with Gasteiger partial charge in [-0.3, -0.25) is 9.58 Å². The van der Waals surface area contributed by atoms with E-state index in [-0.39, 0.29) is 0 Å². The molecule has 1 aromatic heterocycles. The first-order valence-electron chi connectivity index (χ1n) is 4.90. The Morgan fingerprint density at radius 3 is 3.00 bits per heavy atom. The summed E-state index contributed by atoms with van der Waals surface area (Å²) in [4.78, 5) is 2.39. The van der Waals surface area contributed by atoms with Crippen molar-refractivity contribution >= 4 is 15.9 Å². The van der Waals surface area contributed by atoms with Crippen LogP contribution in [-0.2, 0) is 6.54 Å². The molecule has 0 aromatic carbocycles. The van der Waals surface area contributed by atoms with Gasteiger partial charge in [0.05, 0.1) is 17.2 Å². The minimum absolute atomic E-state index is 0.374. The summed E-state index contributed by atoms with van der Waals surface area (Å²) < 4.78 is 2.99. The second-order valence-electron chi connectivity index (χ2n) is 3.77. The first-order valence-corrected chi connectivity index (χ1v) is 5.69. The first kappa shape index (κ1) is 10.1. The normalized spacial score (nSPS) is 23.1. The second kappa shape index (κ2) is 4.42. The molecule has 5 heteroatoms. The molecule has 14 heavy (non-hydrogen) atoms. The van der Waals surface area contributed by atoms with Crippen LogP contribution in [0.15, 0.2) is 16.9 Å². The van der Waals surface area contributed by atoms with E-state index >= 15 is 0 Å². The maximum Gasteiger partial charge on any atom is 0.0632 e. The van der Waals surface area contributed by atoms with Gasteiger partial charge in [0.15, 0.2) is 0 Å². The van der Waals surface area contributed by atoms with Crippen LogP contribution < -0.4 is 5.73 Å². The van der Waals surface area contributed by atoms with Crippen molar-refractivity contribution in [1.29, 1.82) is 0 Å². The quantitative estimate of drug-likeness (QED) is 0.868. The van der Waals surface area contributed by atoms with Crippen LogP contribution >= 0.6 is 15.9 Å². The van der Waals surface area contributed by atoms with Gasteiger partial charge in [-0.25, -0.2) is 0 Å². The molecule has 0 unspecified atom stereocenters. The van der Waals surface area contributed by atoms with Crippen molar-refractivity contribution in [2.45, 2.75) is 19.0 Å². The molecule has 78 valence electrons. The van der Waals surface area contributed by atoms with E-state index in [1.165, 1.54) is 0 Å². The number of hydrogen-bond acceptors (Lipinski definition) is 3. The van der Waals surface area contributed by atoms with Crippen molar-refractivity contribution in [1.82, 2.24) is 14.7 Å². The van der Waals surface area contributed by atoms with Crippen LogP contribution in [0, 0.1) is 0 Å². The number of rotatable bonds is 3. The summed E-state index contributed by atoms with van der Waals surface area (Å²) in [5.41, 5.74) is 5.83. The Morgan fingerprint density at radius 1 is 1.57 bits per heavy atom. The monoisotopic (exact) mass is 258 g/mol. The van der Waals surface area contributed by atoms with E-state index < -0.39 is 0 Å². The Morgan fingerprint density at radius 2 is 2.43 bits per heavy atom. The third-order valence-corrected chi connectivity index (χ3v) is 2.97. The molecule has 2 heterocycles. The van der Waals surface area contributed by atoms with Gasteiger partial charge in [0.1, 0.15) is 0 Å². The SMILES string of the molecule is N[C@H]1CCN(CCn2cc(Br)cn2)C1. The molecule has 0 amide bonds. The van der Waals surface area contributed by atoms with E-state index in [1.807, 2.05) is 17.1 Å². The van der Waals surface area contributed by atoms with Crippen molar-refractivity contribution in [3.8, 4) is 0 Å². The van der Waals surface area contributed by atoms with Crippen LogP contribution in [0.2, 0.25) is 0 Å². The van der Waals surface area contributed by atoms with E-state index in [1.54, 1.807) is 0 Å². The van der Waals surface area contributed by atoms with Gasteiger partial charge in [-0.1, -0.05) is 0 Å². The molecule has 2 N–H and O–H groups in total. The molecule has 1 fully saturated rings. The van der Waals surface area contributed by atoms with Crippen LogP contribution in [0.3, 0.4) is 0 Å². The van der Waals surface area contributed by atoms with Crippen LogP contribution in [0.25, 0.3) is 0 Å². The van der Waals surface area contributed by atoms with Gasteiger partial charge < -0.3 is 5.73 Å². The number of likely N-dealkylation sites (tertiary alicyclic amines) is 1. The van der Waals surface area contributed by atoms with Gasteiger partial charge in [-0.2, -0.15) is 5.10 Å². The summed E-state index contributed by atoms with van der Waals surface area (Å²) in [7, 11) is 0. The lowest BCUT2D eigenvalue weighted by Crippen LogP contribution is -2.29. The standard InChI is InChI=1S/C9H15BrN4/c10-8-5-12-14(6-8)4-3-13-2-1-9(11)7-13/h5-6,9H,1-4,7,11H2/t9-/m0/s1. The summed E-state index contributed by atoms with van der Waals surface area (Å²) >= 11 is 3.38. The highest BCUT2D eigenvalue weighted by Gasteiger charge is 2.18. The second-order valence-corrected chi connectivity index (χ2v) is 4.69. The molecule has 1 saturated heterocycles. The summed E-state index contributed by atoms with van der Waals surface area (Å²) in [6.07, 6.45) is 4.94. The number of nitrogens with two attached hydrogens (primary N) is 1. The Labute approximate surface area is 92.2 Å². The van der Waals surface area contributed by atoms with E-state index in [2.05, 4.69) is 25.9 Å². The highest BCUT2D eigenvalue weighted by molar-refractivity contribution is 9.10. The molecule has 1 aliphatic heterocycles. The molecule has 0 spiro atoms. The molecule has 2 rings (SSSR count). The topological polar surface area (TPSA) is 47.1 Å². The highest BCUT2D eigenvalue weighted by Crippen LogP contribution is 2.08. The average Bonchev–Trinajstić information content (AvgIpc) is 2.72. The van der Waals surface area contributed by atoms with E-state index in [0.717, 1.165) is 37.1 Å². The predicted molar refractivity (Wildman–Crippen MR) is 59.0 cm³/mol. The Hall–Kier alpha value is -0.390. The Kier molecular flexibility index (Phi) is 3.20. The minimum Gasteiger partial charge on any atom is -0.326 e. The van der Waals surface area contributed by atoms with Crippen molar-refractivity contribution in [2.75, 3.05) is 19.6 Å². The summed E-state index contributed by atoms with van der Waals surface area (Å²) in [6, 6.07) is 0.374. The number of halogens is 1. The average molecular weight is 259 g/mol. The fourth-order valence-corrected chi connectivity index (χ4v) is 2.10. The lowest BCUT2D eigenvalue weighted by Gasteiger charge is -2.14. The lowest BCUT2D eigenvalue weighted by atomic mass is 10.3. The third kappa shape index (κ3) is 2.56. The van der Waals surface area contributed by atoms with Crippen molar-refractivity contribution in [3.63, 3.8) is 0 Å². The van der Waals surface area contributed by atoms with Crippen LogP contribution in [0.4, 0.5) is 0 Å². The third-order valence-electron chi connectivity index (χ3n) is 2.56. The largest absolute Gasteiger partial charge is 0.326 e. The highest BCUT2D eigenvalue weighted by atomic mass is 79.9. The molecular weight excluding hydrogens is 244 g/mol. The van der Waals surface area contributed by atoms with Crippen LogP contribution in [-0.4, -0.2) is 40.4 Å². The summed E-state index contributed by atoms with van der Waals surface area (Å²) in [5.74, 6) is 0. The molecule has 0 radical (unpaired) electrons. The van der Waals surface area contributed by atoms with Crippen LogP contribution in [0.5, 0.6) is 0 Å². The predicted octanol–water partition coefficient (Wildman–Crippen LogP) is 0.679. The number of aromatic nitrogens is 2. The zero-order valence-electron chi connectivity index (χ0n) is 8.06. The zero-order valence-corrected chi connectivity index (χ0v) is 9.65. The molecule has 1 atom stereocenters. The van der Waals surface area contributed by atoms with Gasteiger partial charge in [-0.15, -0.1) is 0 Å². The Balaban J connectivity index is 1.77. The molecule has 0 aliphatic carbocycles. The van der Waals surface area contributed by atoms with Crippen LogP contribution in [0.1, 0.15) is 6.42 Å². The van der Waals surface area contributed by atoms with Gasteiger partial charge in [-0.05, 0) is 28.9 Å². The first-order chi connectivity index (χ1) is 6.74. The smallest absolute Gasteiger partial charge is 0.0632 e. The van der Waals surface area contributed by atoms with E-state index in [4.69, 9.17) is 5.73 Å². The molecular formula is C9H15BrN4. The maximum atomic E-state index is 5.83. The van der Waals surface area contributed by atoms with E-state index in [0.29, 0.717) is 6.04 Å². The van der Waals surface area contributed by atoms with Crippen molar-refractivity contribution < 1.29 is 0 Å². The van der Waals surface area contributed by atoms with Gasteiger partial charge in [0.25, 0.3) is 0 Å². The van der Waals surface area contributed by atoms with E-state index in [9.17, 15) is 0 Å². The fourth-order valence-electron chi connectivity index (χ4n) is 1.77. The number of nitrogens with zero attached hydrogens (tertiary/aromatic N) is 3. The lowest BCUT2D eigenvalue weighted by molar-refractivity contribution is 0.312. The molecule has 1 aromatic rings. The van der Waals surface area contributed by atoms with Crippen molar-refractivity contribution in [2.24, 2.45) is 5.73 Å². The maximum absolute atomic E-state index is 5.83. The van der Waals surface area contributed by atoms with Gasteiger partial charge in [0.2, 0.25) is 0 Å². The molecule has 0 saturated carbocycles. The van der Waals surface area contributed by atoms with Gasteiger partial charge >= 0.3 is 0 Å². The van der Waals surface area contributed by atoms with Crippen molar-refractivity contribution in [3.05, 3.63) is 16.9 Å². The zero-order chi connectivity index (χ0) is 9.97. The molecule has 1 aliphatic rings. The Bertz CT molecular complexity index is 299. The fraction of sp³-hybridized carbons (Fsp3) is 0.667.